The average Bonchev–Trinajstić information content (AvgIpc) is 3.42. The third-order valence-electron chi connectivity index (χ3n) is 4.99. The molecular weight excluding hydrogens is 430 g/mol. The zero-order valence-electron chi connectivity index (χ0n) is 18.0. The Hall–Kier alpha value is -3.88. The second-order valence-corrected chi connectivity index (χ2v) is 7.58. The second kappa shape index (κ2) is 9.72. The van der Waals surface area contributed by atoms with Crippen LogP contribution in [0.15, 0.2) is 48.8 Å². The molecule has 3 aromatic rings. The standard InChI is InChI=1S/C22H23N5O6/c1-13(2)31-22(28)29-10-17(30-11-23)19-18(32-21(33-19)14-6-4-3-5-7-14)15-8-9-16-20(24)25-12-26-27(15)16/h3-9,12-13,17-19,21H,10H2,1-2H3,(H2,24,25,26)/t17-,18+,19-,21?/m1/s1. The van der Waals surface area contributed by atoms with Gasteiger partial charge in [0.2, 0.25) is 0 Å². The Morgan fingerprint density at radius 1 is 1.24 bits per heavy atom. The molecule has 0 radical (unpaired) electrons. The zero-order chi connectivity index (χ0) is 23.4. The Balaban J connectivity index is 1.66. The molecule has 1 aliphatic rings. The van der Waals surface area contributed by atoms with Gasteiger partial charge in [-0.15, -0.1) is 0 Å². The topological polar surface area (TPSA) is 143 Å². The van der Waals surface area contributed by atoms with E-state index in [0.717, 1.165) is 5.56 Å². The average molecular weight is 453 g/mol. The number of fused-ring (bicyclic) bond motifs is 1. The van der Waals surface area contributed by atoms with E-state index in [1.165, 1.54) is 6.33 Å². The van der Waals surface area contributed by atoms with Crippen molar-refractivity contribution in [2.24, 2.45) is 0 Å². The van der Waals surface area contributed by atoms with E-state index in [9.17, 15) is 10.1 Å². The van der Waals surface area contributed by atoms with Gasteiger partial charge in [0.1, 0.15) is 30.7 Å². The van der Waals surface area contributed by atoms with Crippen molar-refractivity contribution in [3.05, 3.63) is 60.0 Å². The van der Waals surface area contributed by atoms with Crippen LogP contribution >= 0.6 is 0 Å². The molecule has 1 fully saturated rings. The lowest BCUT2D eigenvalue weighted by atomic mass is 10.1. The molecule has 11 heteroatoms. The molecule has 11 nitrogen and oxygen atoms in total. The summed E-state index contributed by atoms with van der Waals surface area (Å²) in [6.45, 7) is 3.11. The number of aromatic nitrogens is 3. The van der Waals surface area contributed by atoms with Crippen molar-refractivity contribution in [2.75, 3.05) is 12.3 Å². The molecule has 172 valence electrons. The van der Waals surface area contributed by atoms with E-state index in [2.05, 4.69) is 10.1 Å². The minimum atomic E-state index is -0.974. The Bertz CT molecular complexity index is 1150. The highest BCUT2D eigenvalue weighted by molar-refractivity contribution is 5.65. The molecule has 2 N–H and O–H groups in total. The fourth-order valence-corrected chi connectivity index (χ4v) is 3.57. The molecule has 0 spiro atoms. The van der Waals surface area contributed by atoms with Crippen LogP contribution in [0.1, 0.15) is 37.5 Å². The molecule has 4 atom stereocenters. The SMILES string of the molecule is CC(C)OC(=O)OC[C@@H](OC#N)[C@H]1OC(c2ccccc2)O[C@H]1c1ccc2c(N)ncnn12. The summed E-state index contributed by atoms with van der Waals surface area (Å²) in [5.41, 5.74) is 7.94. The van der Waals surface area contributed by atoms with E-state index in [1.54, 1.807) is 36.8 Å². The van der Waals surface area contributed by atoms with Crippen molar-refractivity contribution in [2.45, 2.75) is 44.6 Å². The summed E-state index contributed by atoms with van der Waals surface area (Å²) in [6, 6.07) is 12.9. The van der Waals surface area contributed by atoms with Gasteiger partial charge in [0, 0.05) is 5.56 Å². The summed E-state index contributed by atoms with van der Waals surface area (Å²) in [5, 5.41) is 13.5. The lowest BCUT2D eigenvalue weighted by Gasteiger charge is -2.23. The van der Waals surface area contributed by atoms with Gasteiger partial charge in [-0.05, 0) is 26.0 Å². The van der Waals surface area contributed by atoms with Crippen LogP contribution in [0.4, 0.5) is 10.6 Å². The molecule has 3 heterocycles. The monoisotopic (exact) mass is 453 g/mol. The molecule has 0 amide bonds. The van der Waals surface area contributed by atoms with Crippen LogP contribution in [-0.2, 0) is 23.7 Å². The number of rotatable bonds is 7. The first-order valence-corrected chi connectivity index (χ1v) is 10.3. The number of ether oxygens (including phenoxy) is 5. The van der Waals surface area contributed by atoms with Crippen LogP contribution in [0, 0.1) is 11.5 Å². The summed E-state index contributed by atoms with van der Waals surface area (Å²) in [5.74, 6) is 0.302. The number of nitrogens with two attached hydrogens (primary N) is 1. The minimum absolute atomic E-state index is 0.286. The molecule has 2 aromatic heterocycles. The molecule has 0 saturated carbocycles. The summed E-state index contributed by atoms with van der Waals surface area (Å²) >= 11 is 0. The molecule has 4 rings (SSSR count). The van der Waals surface area contributed by atoms with Crippen molar-refractivity contribution in [1.29, 1.82) is 5.26 Å². The normalized spacial score (nSPS) is 21.0. The molecular formula is C22H23N5O6. The van der Waals surface area contributed by atoms with Gasteiger partial charge in [0.05, 0.1) is 11.8 Å². The van der Waals surface area contributed by atoms with Crippen molar-refractivity contribution >= 4 is 17.5 Å². The van der Waals surface area contributed by atoms with Gasteiger partial charge < -0.3 is 29.4 Å². The molecule has 1 aromatic carbocycles. The number of carbonyl (C=O) groups excluding carboxylic acids is 1. The number of benzene rings is 1. The highest BCUT2D eigenvalue weighted by Crippen LogP contribution is 2.42. The van der Waals surface area contributed by atoms with Gasteiger partial charge in [-0.2, -0.15) is 10.4 Å². The maximum Gasteiger partial charge on any atom is 0.508 e. The van der Waals surface area contributed by atoms with Crippen molar-refractivity contribution in [3.8, 4) is 6.26 Å². The first-order valence-electron chi connectivity index (χ1n) is 10.3. The third kappa shape index (κ3) is 4.82. The number of nitrogens with zero attached hydrogens (tertiary/aromatic N) is 4. The maximum atomic E-state index is 11.9. The zero-order valence-corrected chi connectivity index (χ0v) is 18.0. The first kappa shape index (κ1) is 22.3. The van der Waals surface area contributed by atoms with Crippen LogP contribution in [0.3, 0.4) is 0 Å². The number of hydrogen-bond acceptors (Lipinski definition) is 10. The molecule has 1 saturated heterocycles. The van der Waals surface area contributed by atoms with E-state index < -0.39 is 30.8 Å². The quantitative estimate of drug-likeness (QED) is 0.419. The number of nitrogen functional groups attached to an aromatic ring is 1. The third-order valence-corrected chi connectivity index (χ3v) is 4.99. The van der Waals surface area contributed by atoms with Gasteiger partial charge in [0.15, 0.2) is 18.2 Å². The van der Waals surface area contributed by atoms with Crippen LogP contribution in [0.2, 0.25) is 0 Å². The highest BCUT2D eigenvalue weighted by Gasteiger charge is 2.45. The first-order chi connectivity index (χ1) is 16.0. The maximum absolute atomic E-state index is 11.9. The van der Waals surface area contributed by atoms with Crippen LogP contribution in [0.5, 0.6) is 0 Å². The van der Waals surface area contributed by atoms with Gasteiger partial charge in [-0.3, -0.25) is 0 Å². The molecule has 0 bridgehead atoms. The van der Waals surface area contributed by atoms with E-state index in [1.807, 2.05) is 30.3 Å². The summed E-state index contributed by atoms with van der Waals surface area (Å²) in [7, 11) is 0. The Kier molecular flexibility index (Phi) is 6.58. The van der Waals surface area contributed by atoms with Crippen molar-refractivity contribution < 1.29 is 28.5 Å². The second-order valence-electron chi connectivity index (χ2n) is 7.58. The van der Waals surface area contributed by atoms with E-state index in [4.69, 9.17) is 29.4 Å². The summed E-state index contributed by atoms with van der Waals surface area (Å²) in [4.78, 5) is 15.9. The summed E-state index contributed by atoms with van der Waals surface area (Å²) in [6.07, 6.45) is -1.52. The molecule has 33 heavy (non-hydrogen) atoms. The Labute approximate surface area is 189 Å². The van der Waals surface area contributed by atoms with Gasteiger partial charge >= 0.3 is 6.16 Å². The lowest BCUT2D eigenvalue weighted by molar-refractivity contribution is -0.0947. The van der Waals surface area contributed by atoms with E-state index in [-0.39, 0.29) is 12.7 Å². The number of anilines is 1. The van der Waals surface area contributed by atoms with E-state index >= 15 is 0 Å². The lowest BCUT2D eigenvalue weighted by Crippen LogP contribution is -2.37. The van der Waals surface area contributed by atoms with Gasteiger partial charge in [-0.25, -0.2) is 14.3 Å². The summed E-state index contributed by atoms with van der Waals surface area (Å²) < 4.78 is 29.4. The molecule has 1 aliphatic heterocycles. The van der Waals surface area contributed by atoms with Crippen LogP contribution in [-0.4, -0.2) is 45.7 Å². The largest absolute Gasteiger partial charge is 0.508 e. The van der Waals surface area contributed by atoms with Gasteiger partial charge in [-0.1, -0.05) is 30.3 Å². The van der Waals surface area contributed by atoms with Crippen LogP contribution < -0.4 is 5.73 Å². The molecule has 1 unspecified atom stereocenters. The minimum Gasteiger partial charge on any atom is -0.432 e. The highest BCUT2D eigenvalue weighted by atomic mass is 16.8. The Morgan fingerprint density at radius 2 is 2.03 bits per heavy atom. The number of nitriles is 1. The van der Waals surface area contributed by atoms with Crippen molar-refractivity contribution in [1.82, 2.24) is 14.6 Å². The Morgan fingerprint density at radius 3 is 2.76 bits per heavy atom. The fourth-order valence-electron chi connectivity index (χ4n) is 3.57. The van der Waals surface area contributed by atoms with Crippen LogP contribution in [0.25, 0.3) is 5.52 Å². The van der Waals surface area contributed by atoms with Crippen molar-refractivity contribution in [3.63, 3.8) is 0 Å². The predicted octanol–water partition coefficient (Wildman–Crippen LogP) is 2.89. The van der Waals surface area contributed by atoms with Gasteiger partial charge in [0.25, 0.3) is 6.26 Å². The predicted molar refractivity (Wildman–Crippen MR) is 113 cm³/mol. The smallest absolute Gasteiger partial charge is 0.432 e. The number of hydrogen-bond donors (Lipinski definition) is 1. The van der Waals surface area contributed by atoms with E-state index in [0.29, 0.717) is 17.0 Å². The fraction of sp³-hybridized carbons (Fsp3) is 0.364. The molecule has 0 aliphatic carbocycles. The number of carbonyl (C=O) groups is 1.